The number of hydrogen-bond acceptors (Lipinski definition) is 7. The van der Waals surface area contributed by atoms with Gasteiger partial charge in [-0.1, -0.05) is 26.0 Å². The Bertz CT molecular complexity index is 1040. The Labute approximate surface area is 223 Å². The molecule has 6 atom stereocenters. The van der Waals surface area contributed by atoms with Crippen molar-refractivity contribution in [2.45, 2.75) is 77.8 Å². The van der Waals surface area contributed by atoms with Crippen molar-refractivity contribution >= 4 is 17.7 Å². The van der Waals surface area contributed by atoms with Crippen LogP contribution in [0.25, 0.3) is 0 Å². The van der Waals surface area contributed by atoms with Gasteiger partial charge in [-0.3, -0.25) is 4.79 Å². The average Bonchev–Trinajstić information content (AvgIpc) is 2.86. The third kappa shape index (κ3) is 8.28. The van der Waals surface area contributed by atoms with E-state index >= 15 is 0 Å². The third-order valence-electron chi connectivity index (χ3n) is 7.00. The number of methoxy groups -OCH3 is 2. The van der Waals surface area contributed by atoms with Crippen molar-refractivity contribution in [1.82, 2.24) is 0 Å². The summed E-state index contributed by atoms with van der Waals surface area (Å²) in [7, 11) is 2.98. The van der Waals surface area contributed by atoms with E-state index in [1.165, 1.54) is 26.4 Å². The van der Waals surface area contributed by atoms with Crippen LogP contribution in [0.2, 0.25) is 0 Å². The quantitative estimate of drug-likeness (QED) is 0.335. The number of hydrogen-bond donors (Lipinski definition) is 4. The molecule has 10 heteroatoms. The number of nitrogens with one attached hydrogen (secondary N) is 1. The molecule has 212 valence electrons. The molecule has 0 saturated carbocycles. The lowest BCUT2D eigenvalue weighted by atomic mass is 9.88. The minimum absolute atomic E-state index is 0.0809. The van der Waals surface area contributed by atoms with Crippen molar-refractivity contribution in [2.75, 3.05) is 19.5 Å². The number of aliphatic hydroxyl groups is 1. The smallest absolute Gasteiger partial charge is 0.405 e. The Morgan fingerprint density at radius 3 is 2.42 bits per heavy atom. The van der Waals surface area contributed by atoms with Crippen molar-refractivity contribution in [2.24, 2.45) is 17.6 Å². The first-order valence-electron chi connectivity index (χ1n) is 12.8. The molecule has 0 unspecified atom stereocenters. The van der Waals surface area contributed by atoms with Crippen LogP contribution in [-0.4, -0.2) is 60.8 Å². The number of allylic oxidation sites excluding steroid dienone is 1. The van der Waals surface area contributed by atoms with Gasteiger partial charge in [-0.25, -0.2) is 9.18 Å². The number of carbonyl (C=O) groups is 2. The number of nitrogens with two attached hydrogens (primary N) is 1. The van der Waals surface area contributed by atoms with Gasteiger partial charge >= 0.3 is 6.09 Å². The Kier molecular flexibility index (Phi) is 11.7. The van der Waals surface area contributed by atoms with Crippen molar-refractivity contribution in [3.05, 3.63) is 46.8 Å². The molecule has 5 N–H and O–H groups in total. The van der Waals surface area contributed by atoms with Crippen LogP contribution < -0.4 is 11.1 Å². The van der Waals surface area contributed by atoms with Crippen LogP contribution in [0.5, 0.6) is 5.75 Å². The number of ether oxygens (including phenoxy) is 3. The normalized spacial score (nSPS) is 30.9. The van der Waals surface area contributed by atoms with E-state index in [-0.39, 0.29) is 29.3 Å². The number of benzene rings is 1. The lowest BCUT2D eigenvalue weighted by molar-refractivity contribution is -0.112. The third-order valence-corrected chi connectivity index (χ3v) is 7.00. The predicted octanol–water partition coefficient (Wildman–Crippen LogP) is 4.22. The van der Waals surface area contributed by atoms with E-state index in [9.17, 15) is 24.2 Å². The fourth-order valence-electron chi connectivity index (χ4n) is 4.81. The number of aromatic hydroxyl groups is 1. The average molecular weight is 537 g/mol. The first-order valence-corrected chi connectivity index (χ1v) is 12.8. The van der Waals surface area contributed by atoms with E-state index in [0.29, 0.717) is 30.4 Å². The summed E-state index contributed by atoms with van der Waals surface area (Å²) in [5.41, 5.74) is 6.55. The number of rotatable bonds is 3. The maximum absolute atomic E-state index is 14.7. The Morgan fingerprint density at radius 2 is 1.82 bits per heavy atom. The van der Waals surface area contributed by atoms with E-state index in [0.717, 1.165) is 0 Å². The van der Waals surface area contributed by atoms with E-state index in [4.69, 9.17) is 19.9 Å². The maximum atomic E-state index is 14.7. The molecule has 9 nitrogen and oxygen atoms in total. The van der Waals surface area contributed by atoms with Crippen LogP contribution >= 0.6 is 0 Å². The fourth-order valence-corrected chi connectivity index (χ4v) is 4.81. The highest BCUT2D eigenvalue weighted by atomic mass is 19.1. The molecule has 38 heavy (non-hydrogen) atoms. The second-order valence-electron chi connectivity index (χ2n) is 10.1. The number of carbonyl (C=O) groups excluding carboxylic acids is 2. The van der Waals surface area contributed by atoms with Gasteiger partial charge in [0.1, 0.15) is 11.6 Å². The minimum atomic E-state index is -0.958. The summed E-state index contributed by atoms with van der Waals surface area (Å²) in [4.78, 5) is 24.4. The molecule has 1 heterocycles. The molecule has 0 radical (unpaired) electrons. The van der Waals surface area contributed by atoms with E-state index in [1.807, 2.05) is 13.8 Å². The van der Waals surface area contributed by atoms with Gasteiger partial charge in [0.05, 0.1) is 24.0 Å². The van der Waals surface area contributed by atoms with E-state index in [2.05, 4.69) is 5.32 Å². The highest BCUT2D eigenvalue weighted by Crippen LogP contribution is 2.33. The van der Waals surface area contributed by atoms with Crippen molar-refractivity contribution in [3.63, 3.8) is 0 Å². The molecule has 0 fully saturated rings. The molecule has 0 aliphatic carbocycles. The molecule has 2 rings (SSSR count). The monoisotopic (exact) mass is 536 g/mol. The number of aliphatic hydroxyl groups excluding tert-OH is 1. The van der Waals surface area contributed by atoms with Crippen LogP contribution in [0.3, 0.4) is 0 Å². The van der Waals surface area contributed by atoms with Crippen molar-refractivity contribution in [3.8, 4) is 5.75 Å². The minimum Gasteiger partial charge on any atom is -0.505 e. The zero-order chi connectivity index (χ0) is 28.6. The van der Waals surface area contributed by atoms with Crippen LogP contribution in [0, 0.1) is 17.7 Å². The molecule has 0 saturated heterocycles. The van der Waals surface area contributed by atoms with Gasteiger partial charge in [0.15, 0.2) is 6.10 Å². The van der Waals surface area contributed by atoms with Gasteiger partial charge in [0.25, 0.3) is 5.91 Å². The molecule has 2 amide bonds. The second-order valence-corrected chi connectivity index (χ2v) is 10.1. The van der Waals surface area contributed by atoms with Crippen molar-refractivity contribution < 1.29 is 38.4 Å². The van der Waals surface area contributed by atoms with Crippen LogP contribution in [0.1, 0.15) is 52.5 Å². The molecule has 1 aliphatic heterocycles. The summed E-state index contributed by atoms with van der Waals surface area (Å²) in [6.07, 6.45) is 0.968. The van der Waals surface area contributed by atoms with E-state index in [1.54, 1.807) is 26.0 Å². The van der Waals surface area contributed by atoms with Gasteiger partial charge in [-0.05, 0) is 63.2 Å². The van der Waals surface area contributed by atoms with Crippen molar-refractivity contribution in [1.29, 1.82) is 0 Å². The van der Waals surface area contributed by atoms with Gasteiger partial charge in [0, 0.05) is 31.3 Å². The highest BCUT2D eigenvalue weighted by molar-refractivity contribution is 6.04. The Morgan fingerprint density at radius 1 is 1.16 bits per heavy atom. The summed E-state index contributed by atoms with van der Waals surface area (Å²) in [6, 6.07) is 2.52. The summed E-state index contributed by atoms with van der Waals surface area (Å²) in [5, 5.41) is 24.5. The Balaban J connectivity index is 2.52. The number of halogens is 1. The molecule has 0 spiro atoms. The van der Waals surface area contributed by atoms with Gasteiger partial charge in [-0.15, -0.1) is 0 Å². The topological polar surface area (TPSA) is 140 Å². The first kappa shape index (κ1) is 31.3. The molecule has 0 aromatic heterocycles. The second kappa shape index (κ2) is 14.3. The number of fused-ring (bicyclic) bond motifs is 2. The largest absolute Gasteiger partial charge is 0.505 e. The molecule has 1 aromatic carbocycles. The number of amides is 2. The first-order chi connectivity index (χ1) is 17.9. The zero-order valence-electron chi connectivity index (χ0n) is 23.0. The lowest BCUT2D eigenvalue weighted by Gasteiger charge is -2.30. The fraction of sp³-hybridized carbons (Fsp3) is 0.571. The molecule has 1 aromatic rings. The maximum Gasteiger partial charge on any atom is 0.405 e. The van der Waals surface area contributed by atoms with Crippen LogP contribution in [0.15, 0.2) is 35.4 Å². The standard InChI is InChI=1S/C28H41FN2O7/c1-15-12-19-20(29)10-11-21(25(19)33)31-27(34)16(2)8-7-9-22(36-5)26(38-28(30)35)18(4)14-17(3)24(32)23(13-15)37-6/h8,10-11,14-15,17,22-24,26,32-33H,7,9,12-13H2,1-6H3,(H2,30,35)(H,31,34)/b16-8+,18-14+/t15-,17+,22+,23+,24-,26+/m1/s1. The van der Waals surface area contributed by atoms with Gasteiger partial charge < -0.3 is 35.5 Å². The van der Waals surface area contributed by atoms with Crippen LogP contribution in [-0.2, 0) is 25.4 Å². The summed E-state index contributed by atoms with van der Waals surface area (Å²) in [5.74, 6) is -1.95. The lowest BCUT2D eigenvalue weighted by Crippen LogP contribution is -2.37. The Hall–Kier alpha value is -2.95. The van der Waals surface area contributed by atoms with E-state index < -0.39 is 48.2 Å². The number of anilines is 1. The molecule has 2 bridgehead atoms. The predicted molar refractivity (Wildman–Crippen MR) is 142 cm³/mol. The summed E-state index contributed by atoms with van der Waals surface area (Å²) < 4.78 is 31.3. The van der Waals surface area contributed by atoms with Gasteiger partial charge in [-0.2, -0.15) is 0 Å². The molecular formula is C28H41FN2O7. The zero-order valence-corrected chi connectivity index (χ0v) is 23.0. The highest BCUT2D eigenvalue weighted by Gasteiger charge is 2.30. The molecular weight excluding hydrogens is 495 g/mol. The summed E-state index contributed by atoms with van der Waals surface area (Å²) in [6.45, 7) is 7.07. The van der Waals surface area contributed by atoms with Gasteiger partial charge in [0.2, 0.25) is 0 Å². The SMILES string of the molecule is CO[C@H]1C[C@H](C)Cc2c(F)ccc(c2O)NC(=O)/C(C)=C/CC[C@H](OC)[C@@H](OC(N)=O)/C(C)=C/[C@H](C)[C@H]1O. The number of phenols is 1. The summed E-state index contributed by atoms with van der Waals surface area (Å²) >= 11 is 0. The number of phenolic OH excluding ortho intramolecular Hbond substituents is 1. The molecule has 1 aliphatic rings. The number of primary amides is 1. The van der Waals surface area contributed by atoms with Crippen LogP contribution in [0.4, 0.5) is 14.9 Å².